The minimum absolute atomic E-state index is 0.274. The van der Waals surface area contributed by atoms with Gasteiger partial charge in [0.1, 0.15) is 23.2 Å². The highest BCUT2D eigenvalue weighted by molar-refractivity contribution is 7.26. The predicted molar refractivity (Wildman–Crippen MR) is 238 cm³/mol. The summed E-state index contributed by atoms with van der Waals surface area (Å²) in [4.78, 5) is 10.2. The van der Waals surface area contributed by atoms with Crippen LogP contribution in [-0.2, 0) is 0 Å². The number of nitrogens with one attached hydrogen (secondary N) is 1. The van der Waals surface area contributed by atoms with Crippen molar-refractivity contribution in [3.8, 4) is 16.8 Å². The maximum Gasteiger partial charge on any atom is 0.159 e. The first-order valence-corrected chi connectivity index (χ1v) is 20.0. The molecule has 0 spiro atoms. The van der Waals surface area contributed by atoms with Crippen molar-refractivity contribution < 1.29 is 4.42 Å². The molecule has 1 aliphatic rings. The van der Waals surface area contributed by atoms with Crippen LogP contribution in [-0.4, -0.2) is 16.2 Å². The summed E-state index contributed by atoms with van der Waals surface area (Å²) in [5, 5.41) is 10.7. The topological polar surface area (TPSA) is 54.8 Å². The van der Waals surface area contributed by atoms with Crippen molar-refractivity contribution in [2.24, 2.45) is 9.98 Å². The van der Waals surface area contributed by atoms with Crippen molar-refractivity contribution in [3.05, 3.63) is 199 Å². The van der Waals surface area contributed by atoms with Gasteiger partial charge in [-0.1, -0.05) is 152 Å². The van der Waals surface area contributed by atoms with Crippen LogP contribution in [0.1, 0.15) is 22.9 Å². The van der Waals surface area contributed by atoms with Crippen molar-refractivity contribution in [1.82, 2.24) is 9.88 Å². The van der Waals surface area contributed by atoms with Crippen LogP contribution >= 0.6 is 11.3 Å². The molecule has 0 fully saturated rings. The maximum atomic E-state index is 6.88. The molecule has 8 aromatic carbocycles. The Balaban J connectivity index is 1.01. The zero-order valence-electron chi connectivity index (χ0n) is 30.6. The number of hydrogen-bond donors (Lipinski definition) is 1. The monoisotopic (exact) mass is 748 g/mol. The molecule has 6 heteroatoms. The van der Waals surface area contributed by atoms with Crippen molar-refractivity contribution in [2.75, 3.05) is 0 Å². The number of furan rings is 1. The minimum Gasteiger partial charge on any atom is -0.455 e. The smallest absolute Gasteiger partial charge is 0.159 e. The summed E-state index contributed by atoms with van der Waals surface area (Å²) in [5.41, 5.74) is 10.5. The molecule has 0 aliphatic carbocycles. The molecule has 1 N–H and O–H groups in total. The standard InChI is InChI=1S/C51H32N4OS/c1-3-14-31(15-4-1)49-52-50(32-16-5-2-6-17-32)54-51(53-49)33-28-29-36-37-20-11-21-38(46(37)56-45(36)30-33)39-22-12-23-40-41-24-13-27-44(48(41)57-47(39)40)55-42-25-9-7-18-34(42)35-19-8-10-26-43(35)55/h1-30,49H,(H,52,53,54). The Hall–Kier alpha value is -7.28. The lowest BCUT2D eigenvalue weighted by Gasteiger charge is -2.23. The minimum atomic E-state index is -0.274. The Morgan fingerprint density at radius 3 is 1.91 bits per heavy atom. The lowest BCUT2D eigenvalue weighted by atomic mass is 10.00. The lowest BCUT2D eigenvalue weighted by Crippen LogP contribution is -2.33. The quantitative estimate of drug-likeness (QED) is 0.191. The van der Waals surface area contributed by atoms with Gasteiger partial charge in [-0.25, -0.2) is 9.98 Å². The maximum absolute atomic E-state index is 6.88. The number of fused-ring (bicyclic) bond motifs is 9. The van der Waals surface area contributed by atoms with Gasteiger partial charge in [0.05, 0.1) is 21.4 Å². The molecule has 0 radical (unpaired) electrons. The van der Waals surface area contributed by atoms with E-state index in [-0.39, 0.29) is 6.17 Å². The largest absolute Gasteiger partial charge is 0.455 e. The van der Waals surface area contributed by atoms with Gasteiger partial charge in [0.2, 0.25) is 0 Å². The Morgan fingerprint density at radius 2 is 1.14 bits per heavy atom. The highest BCUT2D eigenvalue weighted by Gasteiger charge is 2.23. The van der Waals surface area contributed by atoms with Crippen LogP contribution in [0, 0.1) is 0 Å². The molecule has 0 bridgehead atoms. The van der Waals surface area contributed by atoms with Crippen LogP contribution in [0.3, 0.4) is 0 Å². The third-order valence-electron chi connectivity index (χ3n) is 11.3. The molecule has 3 aromatic heterocycles. The Morgan fingerprint density at radius 1 is 0.509 bits per heavy atom. The van der Waals surface area contributed by atoms with Crippen LogP contribution in [0.2, 0.25) is 0 Å². The molecule has 0 saturated heterocycles. The van der Waals surface area contributed by atoms with E-state index in [0.29, 0.717) is 5.84 Å². The fourth-order valence-electron chi connectivity index (χ4n) is 8.65. The van der Waals surface area contributed by atoms with E-state index in [1.54, 1.807) is 0 Å². The zero-order chi connectivity index (χ0) is 37.5. The number of amidine groups is 2. The summed E-state index contributed by atoms with van der Waals surface area (Å²) >= 11 is 1.86. The number of rotatable bonds is 5. The molecule has 57 heavy (non-hydrogen) atoms. The first-order chi connectivity index (χ1) is 28.3. The summed E-state index contributed by atoms with van der Waals surface area (Å²) in [6.07, 6.45) is -0.274. The SMILES string of the molecule is c1ccc(C2=NC(c3ccc4c(c3)oc3c(-c5cccc6c5sc5c(-n7c8ccccc8c8ccccc87)cccc56)cccc34)=NC(c3ccccc3)N2)cc1. The molecular formula is C51H32N4OS. The van der Waals surface area contributed by atoms with E-state index in [2.05, 4.69) is 155 Å². The third-order valence-corrected chi connectivity index (χ3v) is 12.6. The van der Waals surface area contributed by atoms with Gasteiger partial charge in [-0.15, -0.1) is 11.3 Å². The second-order valence-electron chi connectivity index (χ2n) is 14.5. The normalized spacial score (nSPS) is 14.5. The van der Waals surface area contributed by atoms with Crippen LogP contribution in [0.15, 0.2) is 196 Å². The summed E-state index contributed by atoms with van der Waals surface area (Å²) in [5.74, 6) is 1.46. The number of thiophene rings is 1. The van der Waals surface area contributed by atoms with E-state index < -0.39 is 0 Å². The van der Waals surface area contributed by atoms with Gasteiger partial charge in [-0.05, 0) is 35.9 Å². The van der Waals surface area contributed by atoms with E-state index >= 15 is 0 Å². The summed E-state index contributed by atoms with van der Waals surface area (Å²) < 4.78 is 11.8. The highest BCUT2D eigenvalue weighted by Crippen LogP contribution is 2.46. The van der Waals surface area contributed by atoms with E-state index in [1.807, 2.05) is 47.7 Å². The Bertz CT molecular complexity index is 3390. The molecule has 12 rings (SSSR count). The van der Waals surface area contributed by atoms with Crippen LogP contribution in [0.5, 0.6) is 0 Å². The molecule has 268 valence electrons. The number of para-hydroxylation sites is 3. The highest BCUT2D eigenvalue weighted by atomic mass is 32.1. The van der Waals surface area contributed by atoms with E-state index in [1.165, 1.54) is 47.7 Å². The molecule has 4 heterocycles. The molecular weight excluding hydrogens is 717 g/mol. The number of aliphatic imine (C=N–C) groups is 2. The molecule has 1 unspecified atom stereocenters. The van der Waals surface area contributed by atoms with Crippen LogP contribution in [0.4, 0.5) is 0 Å². The fraction of sp³-hybridized carbons (Fsp3) is 0.0196. The zero-order valence-corrected chi connectivity index (χ0v) is 31.4. The molecule has 0 amide bonds. The molecule has 1 atom stereocenters. The van der Waals surface area contributed by atoms with Gasteiger partial charge in [0.15, 0.2) is 5.84 Å². The van der Waals surface area contributed by atoms with Crippen molar-refractivity contribution in [1.29, 1.82) is 0 Å². The average molecular weight is 749 g/mol. The summed E-state index contributed by atoms with van der Waals surface area (Å²) in [6.45, 7) is 0. The van der Waals surface area contributed by atoms with Gasteiger partial charge in [0.25, 0.3) is 0 Å². The summed E-state index contributed by atoms with van der Waals surface area (Å²) in [6, 6.07) is 64.2. The molecule has 5 nitrogen and oxygen atoms in total. The number of aromatic nitrogens is 1. The second-order valence-corrected chi connectivity index (χ2v) is 15.6. The van der Waals surface area contributed by atoms with Gasteiger partial charge in [-0.3, -0.25) is 0 Å². The van der Waals surface area contributed by atoms with E-state index in [9.17, 15) is 0 Å². The van der Waals surface area contributed by atoms with Crippen molar-refractivity contribution in [2.45, 2.75) is 6.17 Å². The molecule has 11 aromatic rings. The number of benzene rings is 8. The Kier molecular flexibility index (Phi) is 7.09. The first-order valence-electron chi connectivity index (χ1n) is 19.2. The Labute approximate surface area is 331 Å². The lowest BCUT2D eigenvalue weighted by molar-refractivity contribution is 0.668. The molecule has 1 aliphatic heterocycles. The number of nitrogens with zero attached hydrogens (tertiary/aromatic N) is 3. The summed E-state index contributed by atoms with van der Waals surface area (Å²) in [7, 11) is 0. The average Bonchev–Trinajstić information content (AvgIpc) is 3.96. The van der Waals surface area contributed by atoms with Gasteiger partial charge in [0, 0.05) is 59.3 Å². The first kappa shape index (κ1) is 32.0. The number of hydrogen-bond acceptors (Lipinski definition) is 5. The van der Waals surface area contributed by atoms with Gasteiger partial charge < -0.3 is 14.3 Å². The van der Waals surface area contributed by atoms with Crippen molar-refractivity contribution >= 4 is 86.9 Å². The van der Waals surface area contributed by atoms with Gasteiger partial charge >= 0.3 is 0 Å². The third kappa shape index (κ3) is 5.01. The van der Waals surface area contributed by atoms with Gasteiger partial charge in [-0.2, -0.15) is 0 Å². The van der Waals surface area contributed by atoms with Crippen LogP contribution < -0.4 is 5.32 Å². The second kappa shape index (κ2) is 12.6. The fourth-order valence-corrected chi connectivity index (χ4v) is 9.98. The van der Waals surface area contributed by atoms with Crippen molar-refractivity contribution in [3.63, 3.8) is 0 Å². The van der Waals surface area contributed by atoms with E-state index in [4.69, 9.17) is 14.4 Å². The van der Waals surface area contributed by atoms with Crippen LogP contribution in [0.25, 0.3) is 80.7 Å². The predicted octanol–water partition coefficient (Wildman–Crippen LogP) is 13.2. The van der Waals surface area contributed by atoms with E-state index in [0.717, 1.165) is 55.6 Å². The molecule has 0 saturated carbocycles.